The fraction of sp³-hybridized carbons (Fsp3) is 0. The number of rotatable bonds is 6. The summed E-state index contributed by atoms with van der Waals surface area (Å²) in [5, 5.41) is 4.37. The topological polar surface area (TPSA) is 29.5 Å². The van der Waals surface area contributed by atoms with E-state index in [0.717, 1.165) is 77.6 Å². The first-order chi connectivity index (χ1) is 25.3. The maximum Gasteiger partial charge on any atom is 0.160 e. The van der Waals surface area contributed by atoms with E-state index in [1.54, 1.807) is 0 Å². The van der Waals surface area contributed by atoms with Crippen molar-refractivity contribution >= 4 is 60.9 Å². The largest absolute Gasteiger partial charge is 0.456 e. The smallest absolute Gasteiger partial charge is 0.160 e. The summed E-state index contributed by atoms with van der Waals surface area (Å²) >= 11 is 0. The number of anilines is 3. The molecule has 0 aliphatic carbocycles. The molecule has 51 heavy (non-hydrogen) atoms. The minimum atomic E-state index is 0.835. The van der Waals surface area contributed by atoms with Gasteiger partial charge in [-0.05, 0) is 76.3 Å². The molecular formula is C48H31NO2. The maximum absolute atomic E-state index is 6.79. The van der Waals surface area contributed by atoms with Crippen LogP contribution in [0.2, 0.25) is 0 Å². The van der Waals surface area contributed by atoms with Gasteiger partial charge in [0.25, 0.3) is 0 Å². The van der Waals surface area contributed by atoms with Crippen molar-refractivity contribution in [2.24, 2.45) is 0 Å². The Morgan fingerprint density at radius 2 is 0.843 bits per heavy atom. The molecule has 2 aromatic heterocycles. The summed E-state index contributed by atoms with van der Waals surface area (Å²) < 4.78 is 13.2. The molecule has 8 aromatic carbocycles. The van der Waals surface area contributed by atoms with Crippen LogP contribution in [0.3, 0.4) is 0 Å². The molecule has 0 fully saturated rings. The third-order valence-electron chi connectivity index (χ3n) is 9.88. The summed E-state index contributed by atoms with van der Waals surface area (Å²) in [6.07, 6.45) is 0. The van der Waals surface area contributed by atoms with Gasteiger partial charge in [0.05, 0.1) is 11.4 Å². The summed E-state index contributed by atoms with van der Waals surface area (Å²) in [6.45, 7) is 0. The van der Waals surface area contributed by atoms with Crippen molar-refractivity contribution < 1.29 is 8.83 Å². The van der Waals surface area contributed by atoms with Gasteiger partial charge in [0.2, 0.25) is 0 Å². The molecule has 0 saturated heterocycles. The highest BCUT2D eigenvalue weighted by atomic mass is 16.3. The van der Waals surface area contributed by atoms with Crippen LogP contribution in [-0.4, -0.2) is 0 Å². The van der Waals surface area contributed by atoms with Crippen molar-refractivity contribution in [1.29, 1.82) is 0 Å². The first-order valence-corrected chi connectivity index (χ1v) is 17.3. The molecule has 2 heterocycles. The van der Waals surface area contributed by atoms with E-state index < -0.39 is 0 Å². The number of benzene rings is 8. The summed E-state index contributed by atoms with van der Waals surface area (Å²) in [5.74, 6) is 0. The Bertz CT molecular complexity index is 2850. The van der Waals surface area contributed by atoms with E-state index >= 15 is 0 Å². The molecule has 3 nitrogen and oxygen atoms in total. The third kappa shape index (κ3) is 4.98. The average Bonchev–Trinajstić information content (AvgIpc) is 3.77. The van der Waals surface area contributed by atoms with Gasteiger partial charge in [0.15, 0.2) is 5.58 Å². The molecule has 10 aromatic rings. The predicted molar refractivity (Wildman–Crippen MR) is 212 cm³/mol. The number of furan rings is 2. The predicted octanol–water partition coefficient (Wildman–Crippen LogP) is 14.0. The standard InChI is InChI=1S/C48H31NO2/c1-3-12-32(13-4-1)35-16-11-17-36(30-35)33-22-24-37(25-23-33)49(38-26-27-42-40-18-7-9-20-44(40)50-46(42)31-38)47-39(34-14-5-2-6-15-34)28-29-43-41-19-8-10-21-45(41)51-48(43)47/h1-31H. The van der Waals surface area contributed by atoms with E-state index in [-0.39, 0.29) is 0 Å². The van der Waals surface area contributed by atoms with Crippen molar-refractivity contribution in [3.05, 3.63) is 188 Å². The zero-order chi connectivity index (χ0) is 33.7. The van der Waals surface area contributed by atoms with Crippen molar-refractivity contribution in [2.75, 3.05) is 4.90 Å². The van der Waals surface area contributed by atoms with Crippen LogP contribution >= 0.6 is 0 Å². The molecule has 0 bridgehead atoms. The van der Waals surface area contributed by atoms with E-state index in [4.69, 9.17) is 8.83 Å². The fourth-order valence-corrected chi connectivity index (χ4v) is 7.42. The monoisotopic (exact) mass is 653 g/mol. The lowest BCUT2D eigenvalue weighted by Crippen LogP contribution is -2.11. The number of para-hydroxylation sites is 2. The van der Waals surface area contributed by atoms with Gasteiger partial charge in [-0.1, -0.05) is 133 Å². The van der Waals surface area contributed by atoms with Gasteiger partial charge in [-0.2, -0.15) is 0 Å². The quantitative estimate of drug-likeness (QED) is 0.179. The van der Waals surface area contributed by atoms with Gasteiger partial charge in [0.1, 0.15) is 16.7 Å². The molecule has 0 spiro atoms. The van der Waals surface area contributed by atoms with Gasteiger partial charge in [-0.25, -0.2) is 0 Å². The highest BCUT2D eigenvalue weighted by Crippen LogP contribution is 2.48. The molecule has 3 heteroatoms. The Morgan fingerprint density at radius 1 is 0.314 bits per heavy atom. The summed E-state index contributed by atoms with van der Waals surface area (Å²) in [6, 6.07) is 66.1. The van der Waals surface area contributed by atoms with E-state index in [9.17, 15) is 0 Å². The first kappa shape index (κ1) is 29.1. The third-order valence-corrected chi connectivity index (χ3v) is 9.88. The van der Waals surface area contributed by atoms with Gasteiger partial charge >= 0.3 is 0 Å². The SMILES string of the molecule is c1ccc(-c2cccc(-c3ccc(N(c4ccc5c(c4)oc4ccccc45)c4c(-c5ccccc5)ccc5c4oc4ccccc45)cc3)c2)cc1. The van der Waals surface area contributed by atoms with Gasteiger partial charge < -0.3 is 13.7 Å². The molecule has 0 amide bonds. The van der Waals surface area contributed by atoms with Crippen molar-refractivity contribution in [3.63, 3.8) is 0 Å². The van der Waals surface area contributed by atoms with Crippen LogP contribution in [0.15, 0.2) is 197 Å². The second kappa shape index (κ2) is 11.9. The molecule has 0 aliphatic rings. The second-order valence-corrected chi connectivity index (χ2v) is 12.9. The van der Waals surface area contributed by atoms with Crippen molar-refractivity contribution in [3.8, 4) is 33.4 Å². The van der Waals surface area contributed by atoms with E-state index in [0.29, 0.717) is 0 Å². The Morgan fingerprint density at radius 3 is 1.57 bits per heavy atom. The normalized spacial score (nSPS) is 11.5. The molecule has 240 valence electrons. The van der Waals surface area contributed by atoms with Gasteiger partial charge in [-0.3, -0.25) is 0 Å². The van der Waals surface area contributed by atoms with Crippen LogP contribution in [0.4, 0.5) is 17.1 Å². The van der Waals surface area contributed by atoms with Crippen LogP contribution < -0.4 is 4.90 Å². The molecule has 0 aliphatic heterocycles. The molecule has 0 radical (unpaired) electrons. The van der Waals surface area contributed by atoms with Gasteiger partial charge in [-0.15, -0.1) is 0 Å². The van der Waals surface area contributed by atoms with Crippen LogP contribution in [0, 0.1) is 0 Å². The highest BCUT2D eigenvalue weighted by Gasteiger charge is 2.24. The summed E-state index contributed by atoms with van der Waals surface area (Å²) in [4.78, 5) is 2.32. The lowest BCUT2D eigenvalue weighted by Gasteiger charge is -2.28. The Hall–Kier alpha value is -6.84. The summed E-state index contributed by atoms with van der Waals surface area (Å²) in [7, 11) is 0. The zero-order valence-electron chi connectivity index (χ0n) is 27.7. The lowest BCUT2D eigenvalue weighted by molar-refractivity contribution is 0.667. The van der Waals surface area contributed by atoms with Crippen LogP contribution in [0.25, 0.3) is 77.3 Å². The second-order valence-electron chi connectivity index (χ2n) is 12.9. The molecule has 0 atom stereocenters. The van der Waals surface area contributed by atoms with Crippen LogP contribution in [-0.2, 0) is 0 Å². The van der Waals surface area contributed by atoms with Crippen molar-refractivity contribution in [2.45, 2.75) is 0 Å². The summed E-state index contributed by atoms with van der Waals surface area (Å²) in [5.41, 5.74) is 13.3. The Labute approximate surface area is 295 Å². The zero-order valence-corrected chi connectivity index (χ0v) is 27.7. The highest BCUT2D eigenvalue weighted by molar-refractivity contribution is 6.14. The molecule has 0 saturated carbocycles. The molecular weight excluding hydrogens is 623 g/mol. The first-order valence-electron chi connectivity index (χ1n) is 17.3. The number of nitrogens with zero attached hydrogens (tertiary/aromatic N) is 1. The Balaban J connectivity index is 1.20. The van der Waals surface area contributed by atoms with Gasteiger partial charge in [0, 0.05) is 38.9 Å². The minimum Gasteiger partial charge on any atom is -0.456 e. The molecule has 0 N–H and O–H groups in total. The van der Waals surface area contributed by atoms with Crippen LogP contribution in [0.1, 0.15) is 0 Å². The van der Waals surface area contributed by atoms with Crippen LogP contribution in [0.5, 0.6) is 0 Å². The van der Waals surface area contributed by atoms with E-state index in [1.807, 2.05) is 24.3 Å². The molecule has 10 rings (SSSR count). The lowest BCUT2D eigenvalue weighted by atomic mass is 9.97. The van der Waals surface area contributed by atoms with E-state index in [2.05, 4.69) is 169 Å². The van der Waals surface area contributed by atoms with E-state index in [1.165, 1.54) is 16.7 Å². The average molecular weight is 654 g/mol. The minimum absolute atomic E-state index is 0.835. The fourth-order valence-electron chi connectivity index (χ4n) is 7.42. The molecule has 0 unspecified atom stereocenters. The maximum atomic E-state index is 6.79. The number of fused-ring (bicyclic) bond motifs is 6. The van der Waals surface area contributed by atoms with Crippen molar-refractivity contribution in [1.82, 2.24) is 0 Å². The Kier molecular flexibility index (Phi) is 6.81. The number of hydrogen-bond acceptors (Lipinski definition) is 3. The number of hydrogen-bond donors (Lipinski definition) is 0.